The second-order valence-electron chi connectivity index (χ2n) is 4.67. The number of benzene rings is 2. The number of halogens is 1. The van der Waals surface area contributed by atoms with Crippen molar-refractivity contribution in [3.8, 4) is 5.75 Å². The molecule has 1 aliphatic rings. The van der Waals surface area contributed by atoms with Gasteiger partial charge < -0.3 is 10.1 Å². The smallest absolute Gasteiger partial charge is 0.133 e. The summed E-state index contributed by atoms with van der Waals surface area (Å²) in [5.74, 6) is 1.30. The maximum absolute atomic E-state index is 13.0. The van der Waals surface area contributed by atoms with Gasteiger partial charge in [0.15, 0.2) is 0 Å². The van der Waals surface area contributed by atoms with Crippen molar-refractivity contribution in [1.29, 1.82) is 0 Å². The van der Waals surface area contributed by atoms with Gasteiger partial charge in [-0.2, -0.15) is 0 Å². The van der Waals surface area contributed by atoms with Crippen LogP contribution in [0.4, 0.5) is 4.39 Å². The molecule has 0 fully saturated rings. The molecule has 0 unspecified atom stereocenters. The predicted octanol–water partition coefficient (Wildman–Crippen LogP) is 3.23. The summed E-state index contributed by atoms with van der Waals surface area (Å²) in [6.07, 6.45) is 2.02. The van der Waals surface area contributed by atoms with Gasteiger partial charge in [-0.1, -0.05) is 12.1 Å². The van der Waals surface area contributed by atoms with E-state index in [0.717, 1.165) is 28.4 Å². The van der Waals surface area contributed by atoms with Crippen LogP contribution in [0.3, 0.4) is 0 Å². The molecular formula is C17H15FN2O. The molecule has 106 valence electrons. The monoisotopic (exact) mass is 282 g/mol. The summed E-state index contributed by atoms with van der Waals surface area (Å²) in [4.78, 5) is 4.42. The molecular weight excluding hydrogens is 267 g/mol. The fourth-order valence-corrected chi connectivity index (χ4v) is 2.20. The summed E-state index contributed by atoms with van der Waals surface area (Å²) < 4.78 is 18.2. The Hall–Kier alpha value is -2.62. The van der Waals surface area contributed by atoms with Crippen LogP contribution < -0.4 is 10.1 Å². The van der Waals surface area contributed by atoms with Crippen molar-refractivity contribution in [2.45, 2.75) is 0 Å². The maximum atomic E-state index is 13.0. The Kier molecular flexibility index (Phi) is 3.69. The zero-order valence-electron chi connectivity index (χ0n) is 11.6. The van der Waals surface area contributed by atoms with E-state index in [-0.39, 0.29) is 5.82 Å². The summed E-state index contributed by atoms with van der Waals surface area (Å²) in [6, 6.07) is 14.1. The molecule has 4 heteroatoms. The lowest BCUT2D eigenvalue weighted by Crippen LogP contribution is -2.26. The van der Waals surface area contributed by atoms with Gasteiger partial charge in [0.25, 0.3) is 0 Å². The Morgan fingerprint density at radius 2 is 1.90 bits per heavy atom. The van der Waals surface area contributed by atoms with Gasteiger partial charge in [0, 0.05) is 16.8 Å². The molecule has 0 spiro atoms. The van der Waals surface area contributed by atoms with Gasteiger partial charge in [0.1, 0.15) is 17.4 Å². The minimum absolute atomic E-state index is 0.251. The molecule has 2 aromatic rings. The van der Waals surface area contributed by atoms with E-state index < -0.39 is 0 Å². The van der Waals surface area contributed by atoms with Crippen LogP contribution >= 0.6 is 0 Å². The Labute approximate surface area is 122 Å². The Bertz CT molecular complexity index is 705. The van der Waals surface area contributed by atoms with Crippen molar-refractivity contribution in [3.05, 3.63) is 71.6 Å². The van der Waals surface area contributed by atoms with Crippen LogP contribution in [-0.2, 0) is 0 Å². The van der Waals surface area contributed by atoms with Crippen molar-refractivity contribution in [2.75, 3.05) is 13.7 Å². The highest BCUT2D eigenvalue weighted by Gasteiger charge is 2.11. The fourth-order valence-electron chi connectivity index (χ4n) is 2.20. The van der Waals surface area contributed by atoms with E-state index in [9.17, 15) is 4.39 Å². The molecule has 0 atom stereocenters. The molecule has 0 aromatic heterocycles. The first-order chi connectivity index (χ1) is 10.3. The predicted molar refractivity (Wildman–Crippen MR) is 81.9 cm³/mol. The van der Waals surface area contributed by atoms with Crippen LogP contribution in [0.25, 0.3) is 5.70 Å². The van der Waals surface area contributed by atoms with Gasteiger partial charge in [-0.15, -0.1) is 0 Å². The van der Waals surface area contributed by atoms with E-state index >= 15 is 0 Å². The molecule has 0 amide bonds. The van der Waals surface area contributed by atoms with Crippen molar-refractivity contribution in [1.82, 2.24) is 5.32 Å². The van der Waals surface area contributed by atoms with E-state index in [1.54, 1.807) is 19.2 Å². The average molecular weight is 282 g/mol. The standard InChI is InChI=1S/C17H15FN2O/c1-21-15-4-2-3-13(11-15)16-9-10-19-17(20-16)12-5-7-14(18)8-6-12/h2-9,11H,10H2,1H3,(H,19,20). The molecule has 1 heterocycles. The first-order valence-electron chi connectivity index (χ1n) is 6.68. The molecule has 21 heavy (non-hydrogen) atoms. The molecule has 0 saturated heterocycles. The lowest BCUT2D eigenvalue weighted by atomic mass is 10.1. The molecule has 0 saturated carbocycles. The van der Waals surface area contributed by atoms with E-state index in [1.165, 1.54) is 12.1 Å². The van der Waals surface area contributed by atoms with Crippen molar-refractivity contribution in [3.63, 3.8) is 0 Å². The quantitative estimate of drug-likeness (QED) is 0.937. The summed E-state index contributed by atoms with van der Waals surface area (Å²) in [5, 5.41) is 3.29. The first-order valence-corrected chi connectivity index (χ1v) is 6.68. The van der Waals surface area contributed by atoms with E-state index in [2.05, 4.69) is 10.3 Å². The topological polar surface area (TPSA) is 33.6 Å². The van der Waals surface area contributed by atoms with Crippen LogP contribution in [-0.4, -0.2) is 19.5 Å². The number of ether oxygens (including phenoxy) is 1. The van der Waals surface area contributed by atoms with Gasteiger partial charge in [0.05, 0.1) is 13.7 Å². The van der Waals surface area contributed by atoms with Crippen LogP contribution in [0, 0.1) is 5.82 Å². The second-order valence-corrected chi connectivity index (χ2v) is 4.67. The first kappa shape index (κ1) is 13.4. The molecule has 0 aliphatic carbocycles. The molecule has 1 N–H and O–H groups in total. The third kappa shape index (κ3) is 2.94. The number of methoxy groups -OCH3 is 1. The maximum Gasteiger partial charge on any atom is 0.133 e. The van der Waals surface area contributed by atoms with Crippen LogP contribution in [0.15, 0.2) is 59.6 Å². The average Bonchev–Trinajstić information content (AvgIpc) is 2.56. The zero-order chi connectivity index (χ0) is 14.7. The summed E-state index contributed by atoms with van der Waals surface area (Å²) in [6.45, 7) is 0.590. The number of nitrogens with one attached hydrogen (secondary N) is 1. The molecule has 3 nitrogen and oxygen atoms in total. The van der Waals surface area contributed by atoms with E-state index in [1.807, 2.05) is 30.3 Å². The third-order valence-electron chi connectivity index (χ3n) is 3.30. The minimum Gasteiger partial charge on any atom is -0.497 e. The number of rotatable bonds is 3. The van der Waals surface area contributed by atoms with E-state index in [0.29, 0.717) is 6.54 Å². The highest BCUT2D eigenvalue weighted by Crippen LogP contribution is 2.20. The van der Waals surface area contributed by atoms with Gasteiger partial charge in [0.2, 0.25) is 0 Å². The number of nitrogens with zero attached hydrogens (tertiary/aromatic N) is 1. The van der Waals surface area contributed by atoms with Gasteiger partial charge in [-0.25, -0.2) is 4.39 Å². The van der Waals surface area contributed by atoms with Gasteiger partial charge in [-0.05, 0) is 42.5 Å². The normalized spacial score (nSPS) is 14.0. The van der Waals surface area contributed by atoms with Crippen LogP contribution in [0.2, 0.25) is 0 Å². The van der Waals surface area contributed by atoms with Crippen LogP contribution in [0.5, 0.6) is 5.75 Å². The minimum atomic E-state index is -0.251. The molecule has 0 radical (unpaired) electrons. The summed E-state index contributed by atoms with van der Waals surface area (Å²) in [7, 11) is 1.65. The largest absolute Gasteiger partial charge is 0.497 e. The number of hydrogen-bond donors (Lipinski definition) is 1. The Morgan fingerprint density at radius 1 is 1.10 bits per heavy atom. The number of amidine groups is 1. The second kappa shape index (κ2) is 5.79. The van der Waals surface area contributed by atoms with Gasteiger partial charge in [-0.3, -0.25) is 4.99 Å². The highest BCUT2D eigenvalue weighted by atomic mass is 19.1. The molecule has 2 aromatic carbocycles. The zero-order valence-corrected chi connectivity index (χ0v) is 11.6. The molecule has 3 rings (SSSR count). The van der Waals surface area contributed by atoms with E-state index in [4.69, 9.17) is 4.74 Å². The van der Waals surface area contributed by atoms with Crippen molar-refractivity contribution < 1.29 is 9.13 Å². The number of aliphatic imine (C=N–C) groups is 1. The Morgan fingerprint density at radius 3 is 2.67 bits per heavy atom. The van der Waals surface area contributed by atoms with Crippen molar-refractivity contribution >= 4 is 11.5 Å². The SMILES string of the molecule is COc1cccc(C2=CCN=C(c3ccc(F)cc3)N2)c1. The van der Waals surface area contributed by atoms with Crippen molar-refractivity contribution in [2.24, 2.45) is 4.99 Å². The third-order valence-corrected chi connectivity index (χ3v) is 3.30. The fraction of sp³-hybridized carbons (Fsp3) is 0.118. The molecule has 0 bridgehead atoms. The lowest BCUT2D eigenvalue weighted by Gasteiger charge is -2.18. The Balaban J connectivity index is 1.84. The number of hydrogen-bond acceptors (Lipinski definition) is 3. The summed E-state index contributed by atoms with van der Waals surface area (Å²) in [5.41, 5.74) is 2.87. The molecule has 1 aliphatic heterocycles. The highest BCUT2D eigenvalue weighted by molar-refractivity contribution is 6.04. The summed E-state index contributed by atoms with van der Waals surface area (Å²) >= 11 is 0. The van der Waals surface area contributed by atoms with Gasteiger partial charge >= 0.3 is 0 Å². The van der Waals surface area contributed by atoms with Crippen LogP contribution in [0.1, 0.15) is 11.1 Å². The lowest BCUT2D eigenvalue weighted by molar-refractivity contribution is 0.414.